The minimum absolute atomic E-state index is 0.282. The third-order valence-corrected chi connectivity index (χ3v) is 2.55. The van der Waals surface area contributed by atoms with Gasteiger partial charge < -0.3 is 9.72 Å². The summed E-state index contributed by atoms with van der Waals surface area (Å²) in [5.74, 6) is -0.409. The summed E-state index contributed by atoms with van der Waals surface area (Å²) in [4.78, 5) is 17.2. The molecule has 1 amide bonds. The summed E-state index contributed by atoms with van der Waals surface area (Å²) in [5, 5.41) is 2.22. The third kappa shape index (κ3) is 3.98. The Labute approximate surface area is 118 Å². The monoisotopic (exact) mass is 299 g/mol. The molecule has 0 bridgehead atoms. The van der Waals surface area contributed by atoms with Gasteiger partial charge in [-0.3, -0.25) is 10.1 Å². The van der Waals surface area contributed by atoms with Crippen molar-refractivity contribution < 1.29 is 22.7 Å². The van der Waals surface area contributed by atoms with E-state index in [4.69, 9.17) is 4.74 Å². The van der Waals surface area contributed by atoms with Crippen molar-refractivity contribution in [2.45, 2.75) is 19.2 Å². The van der Waals surface area contributed by atoms with Crippen molar-refractivity contribution in [2.75, 3.05) is 5.32 Å². The van der Waals surface area contributed by atoms with E-state index in [1.54, 1.807) is 30.3 Å². The van der Waals surface area contributed by atoms with Crippen LogP contribution in [0.1, 0.15) is 12.6 Å². The number of alkyl halides is 3. The number of H-pyrrole nitrogens is 1. The van der Waals surface area contributed by atoms with E-state index in [1.165, 1.54) is 6.92 Å². The third-order valence-electron chi connectivity index (χ3n) is 2.55. The molecule has 0 radical (unpaired) electrons. The van der Waals surface area contributed by atoms with Crippen molar-refractivity contribution in [1.29, 1.82) is 0 Å². The molecule has 0 saturated carbocycles. The van der Waals surface area contributed by atoms with E-state index in [0.29, 0.717) is 11.9 Å². The number of imidazole rings is 1. The first-order valence-corrected chi connectivity index (χ1v) is 6.01. The highest BCUT2D eigenvalue weighted by Gasteiger charge is 2.33. The van der Waals surface area contributed by atoms with Crippen LogP contribution in [0.25, 0.3) is 0 Å². The van der Waals surface area contributed by atoms with Crippen LogP contribution in [0, 0.1) is 0 Å². The molecule has 0 aliphatic carbocycles. The molecular weight excluding hydrogens is 287 g/mol. The van der Waals surface area contributed by atoms with Crippen LogP contribution in [0.4, 0.5) is 19.1 Å². The molecule has 0 fully saturated rings. The number of aromatic amines is 1. The number of ether oxygens (including phenoxy) is 1. The second kappa shape index (κ2) is 5.86. The lowest BCUT2D eigenvalue weighted by molar-refractivity contribution is -0.140. The Morgan fingerprint density at radius 2 is 2.00 bits per heavy atom. The highest BCUT2D eigenvalue weighted by Crippen LogP contribution is 2.28. The summed E-state index contributed by atoms with van der Waals surface area (Å²) >= 11 is 0. The fourth-order valence-electron chi connectivity index (χ4n) is 1.50. The molecule has 1 atom stereocenters. The van der Waals surface area contributed by atoms with Gasteiger partial charge in [-0.15, -0.1) is 0 Å². The average Bonchev–Trinajstić information content (AvgIpc) is 2.88. The largest absolute Gasteiger partial charge is 0.481 e. The van der Waals surface area contributed by atoms with Crippen molar-refractivity contribution in [1.82, 2.24) is 9.97 Å². The molecule has 1 aromatic carbocycles. The number of benzene rings is 1. The molecule has 2 N–H and O–H groups in total. The van der Waals surface area contributed by atoms with Gasteiger partial charge in [-0.05, 0) is 19.1 Å². The van der Waals surface area contributed by atoms with E-state index in [1.807, 2.05) is 4.98 Å². The summed E-state index contributed by atoms with van der Waals surface area (Å²) < 4.78 is 42.5. The number of hydrogen-bond acceptors (Lipinski definition) is 3. The number of para-hydroxylation sites is 1. The van der Waals surface area contributed by atoms with Gasteiger partial charge in [-0.2, -0.15) is 13.2 Å². The second-order valence-electron chi connectivity index (χ2n) is 4.21. The van der Waals surface area contributed by atoms with E-state index in [2.05, 4.69) is 10.3 Å². The molecule has 1 unspecified atom stereocenters. The van der Waals surface area contributed by atoms with Crippen molar-refractivity contribution in [3.63, 3.8) is 0 Å². The van der Waals surface area contributed by atoms with Gasteiger partial charge >= 0.3 is 6.18 Å². The fraction of sp³-hybridized carbons (Fsp3) is 0.231. The minimum Gasteiger partial charge on any atom is -0.481 e. The molecular formula is C13H12F3N3O2. The molecule has 2 aromatic rings. The first-order chi connectivity index (χ1) is 9.86. The van der Waals surface area contributed by atoms with Gasteiger partial charge in [0, 0.05) is 0 Å². The number of hydrogen-bond donors (Lipinski definition) is 2. The molecule has 0 aliphatic rings. The predicted molar refractivity (Wildman–Crippen MR) is 68.8 cm³/mol. The van der Waals surface area contributed by atoms with Gasteiger partial charge in [0.1, 0.15) is 11.4 Å². The van der Waals surface area contributed by atoms with Crippen molar-refractivity contribution >= 4 is 11.9 Å². The number of nitrogens with one attached hydrogen (secondary N) is 2. The first kappa shape index (κ1) is 14.9. The molecule has 21 heavy (non-hydrogen) atoms. The van der Waals surface area contributed by atoms with Crippen molar-refractivity contribution in [3.05, 3.63) is 42.2 Å². The zero-order valence-corrected chi connectivity index (χ0v) is 10.9. The van der Waals surface area contributed by atoms with Gasteiger partial charge in [0.25, 0.3) is 5.91 Å². The summed E-state index contributed by atoms with van der Waals surface area (Å²) in [6.45, 7) is 1.48. The van der Waals surface area contributed by atoms with E-state index in [0.717, 1.165) is 0 Å². The topological polar surface area (TPSA) is 67.0 Å². The number of halogens is 3. The van der Waals surface area contributed by atoms with Crippen LogP contribution in [-0.2, 0) is 11.0 Å². The minimum atomic E-state index is -4.54. The number of carbonyl (C=O) groups is 1. The molecule has 1 aromatic heterocycles. The predicted octanol–water partition coefficient (Wildman–Crippen LogP) is 2.83. The lowest BCUT2D eigenvalue weighted by Crippen LogP contribution is -2.30. The van der Waals surface area contributed by atoms with E-state index in [-0.39, 0.29) is 5.95 Å². The van der Waals surface area contributed by atoms with Gasteiger partial charge in [0.2, 0.25) is 5.95 Å². The fourth-order valence-corrected chi connectivity index (χ4v) is 1.50. The number of aromatic nitrogens is 2. The first-order valence-electron chi connectivity index (χ1n) is 6.01. The number of nitrogens with zero attached hydrogens (tertiary/aromatic N) is 1. The maximum atomic E-state index is 12.4. The Morgan fingerprint density at radius 1 is 1.33 bits per heavy atom. The smallest absolute Gasteiger partial charge is 0.432 e. The number of amides is 1. The van der Waals surface area contributed by atoms with Crippen LogP contribution in [0.3, 0.4) is 0 Å². The number of rotatable bonds is 4. The van der Waals surface area contributed by atoms with Crippen LogP contribution in [0.15, 0.2) is 36.5 Å². The molecule has 5 nitrogen and oxygen atoms in total. The molecule has 0 spiro atoms. The number of carbonyl (C=O) groups excluding carboxylic acids is 1. The van der Waals surface area contributed by atoms with E-state index in [9.17, 15) is 18.0 Å². The van der Waals surface area contributed by atoms with Gasteiger partial charge in [0.05, 0.1) is 6.20 Å². The Kier molecular flexibility index (Phi) is 4.15. The lowest BCUT2D eigenvalue weighted by atomic mass is 10.3. The number of anilines is 1. The average molecular weight is 299 g/mol. The van der Waals surface area contributed by atoms with Gasteiger partial charge in [0.15, 0.2) is 6.10 Å². The van der Waals surface area contributed by atoms with Crippen molar-refractivity contribution in [2.24, 2.45) is 0 Å². The Bertz CT molecular complexity index is 611. The van der Waals surface area contributed by atoms with Crippen LogP contribution < -0.4 is 10.1 Å². The summed E-state index contributed by atoms with van der Waals surface area (Å²) in [6.07, 6.45) is -4.81. The zero-order chi connectivity index (χ0) is 15.5. The molecule has 112 valence electrons. The maximum absolute atomic E-state index is 12.4. The Balaban J connectivity index is 1.96. The molecule has 8 heteroatoms. The highest BCUT2D eigenvalue weighted by molar-refractivity contribution is 5.92. The highest BCUT2D eigenvalue weighted by atomic mass is 19.4. The Morgan fingerprint density at radius 3 is 2.57 bits per heavy atom. The SMILES string of the molecule is CC(Oc1ccccc1)C(=O)Nc1ncc(C(F)(F)F)[nH]1. The normalized spacial score (nSPS) is 12.8. The molecule has 2 rings (SSSR count). The zero-order valence-electron chi connectivity index (χ0n) is 10.9. The summed E-state index contributed by atoms with van der Waals surface area (Å²) in [5.41, 5.74) is -1.03. The Hall–Kier alpha value is -2.51. The van der Waals surface area contributed by atoms with Crippen LogP contribution in [0.2, 0.25) is 0 Å². The van der Waals surface area contributed by atoms with Gasteiger partial charge in [-0.25, -0.2) is 4.98 Å². The van der Waals surface area contributed by atoms with Crippen LogP contribution in [-0.4, -0.2) is 22.0 Å². The standard InChI is InChI=1S/C13H12F3N3O2/c1-8(21-9-5-3-2-4-6-9)11(20)19-12-17-7-10(18-12)13(14,15)16/h2-8H,1H3,(H2,17,18,19,20). The second-order valence-corrected chi connectivity index (χ2v) is 4.21. The van der Waals surface area contributed by atoms with Crippen molar-refractivity contribution in [3.8, 4) is 5.75 Å². The molecule has 1 heterocycles. The summed E-state index contributed by atoms with van der Waals surface area (Å²) in [7, 11) is 0. The van der Waals surface area contributed by atoms with Crippen LogP contribution in [0.5, 0.6) is 5.75 Å². The van der Waals surface area contributed by atoms with Crippen LogP contribution >= 0.6 is 0 Å². The van der Waals surface area contributed by atoms with E-state index < -0.39 is 23.9 Å². The molecule has 0 saturated heterocycles. The van der Waals surface area contributed by atoms with Gasteiger partial charge in [-0.1, -0.05) is 18.2 Å². The maximum Gasteiger partial charge on any atom is 0.432 e. The molecule has 0 aliphatic heterocycles. The lowest BCUT2D eigenvalue weighted by Gasteiger charge is -2.13. The van der Waals surface area contributed by atoms with E-state index >= 15 is 0 Å². The summed E-state index contributed by atoms with van der Waals surface area (Å²) in [6, 6.07) is 8.60. The quantitative estimate of drug-likeness (QED) is 0.912.